The van der Waals surface area contributed by atoms with Crippen LogP contribution in [0, 0.1) is 39.4 Å². The fourth-order valence-electron chi connectivity index (χ4n) is 17.1. The maximum atomic E-state index is 14.5. The summed E-state index contributed by atoms with van der Waals surface area (Å²) in [7, 11) is 1.20. The van der Waals surface area contributed by atoms with Crippen molar-refractivity contribution in [3.8, 4) is 0 Å². The summed E-state index contributed by atoms with van der Waals surface area (Å²) >= 11 is 0. The van der Waals surface area contributed by atoms with E-state index >= 15 is 0 Å². The number of Topliss-reactive ketones (excluding diaryl/α,β-unsaturated/α-hetero) is 1. The number of hydrogen-bond donors (Lipinski definition) is 13. The molecule has 27 heteroatoms. The predicted molar refractivity (Wildman–Crippen MR) is 289 cm³/mol. The number of carbonyl (C=O) groups is 2. The smallest absolute Gasteiger partial charge is 0.314 e. The summed E-state index contributed by atoms with van der Waals surface area (Å²) in [6.07, 6.45) is -31.3. The molecule has 10 aliphatic rings. The monoisotopic (exact) mass is 1230 g/mol. The number of fused-ring (bicyclic) bond motifs is 4. The lowest BCUT2D eigenvalue weighted by Crippen LogP contribution is -2.67. The first-order valence-electron chi connectivity index (χ1n) is 30.5. The van der Waals surface area contributed by atoms with Gasteiger partial charge in [-0.3, -0.25) is 9.59 Å². The molecule has 0 aromatic rings. The SMILES string of the molecule is COC1C(O)C(CO)OC(OC2C(O)C(CO)OC(OC3C(OC4CC[C@]5(C)C6=CCC78C(=O)O[C@@](C)(CCCC(C)(C)O)[C@H]7C(=O)C[C@@]8(C)[C@@H]6CCC5C4(C)C)OCC(OC4OC(C)C(OC5OCC(O)C(O)C5O)C(O)C4O)C3O)C2O)C1O. The van der Waals surface area contributed by atoms with Crippen LogP contribution in [0.15, 0.2) is 11.6 Å². The summed E-state index contributed by atoms with van der Waals surface area (Å²) in [5, 5.41) is 143. The third-order valence-corrected chi connectivity index (χ3v) is 21.8. The van der Waals surface area contributed by atoms with Gasteiger partial charge >= 0.3 is 5.97 Å². The molecule has 0 aromatic heterocycles. The number of esters is 1. The third kappa shape index (κ3) is 11.3. The highest BCUT2D eigenvalue weighted by molar-refractivity contribution is 5.99. The summed E-state index contributed by atoms with van der Waals surface area (Å²) in [6, 6.07) is 0. The Hall–Kier alpha value is -2.08. The Morgan fingerprint density at radius 1 is 0.640 bits per heavy atom. The van der Waals surface area contributed by atoms with Crippen LogP contribution >= 0.6 is 0 Å². The van der Waals surface area contributed by atoms with Crippen molar-refractivity contribution in [2.24, 2.45) is 39.4 Å². The fourth-order valence-corrected chi connectivity index (χ4v) is 17.1. The van der Waals surface area contributed by atoms with Crippen LogP contribution in [0.25, 0.3) is 0 Å². The van der Waals surface area contributed by atoms with Crippen LogP contribution in [-0.2, 0) is 66.4 Å². The summed E-state index contributed by atoms with van der Waals surface area (Å²) in [6.45, 7) is 12.9. The van der Waals surface area contributed by atoms with Gasteiger partial charge in [0.05, 0.1) is 55.6 Å². The normalized spacial score (nSPS) is 52.1. The quantitative estimate of drug-likeness (QED) is 0.0405. The van der Waals surface area contributed by atoms with E-state index in [1.54, 1.807) is 13.8 Å². The van der Waals surface area contributed by atoms with Gasteiger partial charge in [0.15, 0.2) is 31.5 Å². The Morgan fingerprint density at radius 3 is 1.87 bits per heavy atom. The van der Waals surface area contributed by atoms with Crippen LogP contribution in [0.1, 0.15) is 113 Å². The predicted octanol–water partition coefficient (Wildman–Crippen LogP) is -2.55. The Balaban J connectivity index is 0.897. The van der Waals surface area contributed by atoms with Crippen LogP contribution in [0.5, 0.6) is 0 Å². The molecule has 0 radical (unpaired) electrons. The first-order chi connectivity index (χ1) is 40.3. The Morgan fingerprint density at radius 2 is 1.23 bits per heavy atom. The second kappa shape index (κ2) is 24.8. The van der Waals surface area contributed by atoms with E-state index in [0.717, 1.165) is 0 Å². The van der Waals surface area contributed by atoms with E-state index in [2.05, 4.69) is 33.8 Å². The van der Waals surface area contributed by atoms with Crippen LogP contribution < -0.4 is 0 Å². The number of aliphatic hydroxyl groups excluding tert-OH is 12. The molecule has 6 aliphatic heterocycles. The average Bonchev–Trinajstić information content (AvgIpc) is 1.46. The molecule has 1 spiro atoms. The number of hydrogen-bond acceptors (Lipinski definition) is 27. The summed E-state index contributed by atoms with van der Waals surface area (Å²) in [4.78, 5) is 29.0. The molecule has 26 unspecified atom stereocenters. The number of rotatable bonds is 17. The lowest BCUT2D eigenvalue weighted by atomic mass is 9.41. The van der Waals surface area contributed by atoms with Gasteiger partial charge in [0.2, 0.25) is 0 Å². The first kappa shape index (κ1) is 66.8. The zero-order chi connectivity index (χ0) is 62.7. The van der Waals surface area contributed by atoms with E-state index in [-0.39, 0.29) is 30.0 Å². The van der Waals surface area contributed by atoms with E-state index in [1.165, 1.54) is 19.6 Å². The van der Waals surface area contributed by atoms with Gasteiger partial charge in [0.1, 0.15) is 115 Å². The van der Waals surface area contributed by atoms with Crippen molar-refractivity contribution in [3.63, 3.8) is 0 Å². The number of ketones is 1. The van der Waals surface area contributed by atoms with Crippen molar-refractivity contribution in [1.82, 2.24) is 0 Å². The lowest BCUT2D eigenvalue weighted by molar-refractivity contribution is -0.394. The third-order valence-electron chi connectivity index (χ3n) is 21.8. The summed E-state index contributed by atoms with van der Waals surface area (Å²) in [5.74, 6) is -1.09. The second-order valence-corrected chi connectivity index (χ2v) is 28.0. The Labute approximate surface area is 499 Å². The molecule has 9 fully saturated rings. The number of allylic oxidation sites excluding steroid dienone is 2. The fraction of sp³-hybridized carbons (Fsp3) is 0.932. The Kier molecular flexibility index (Phi) is 19.2. The van der Waals surface area contributed by atoms with E-state index < -0.39 is 213 Å². The van der Waals surface area contributed by atoms with Crippen LogP contribution in [0.2, 0.25) is 0 Å². The van der Waals surface area contributed by atoms with Crippen molar-refractivity contribution in [3.05, 3.63) is 11.6 Å². The molecule has 0 amide bonds. The molecule has 3 saturated carbocycles. The van der Waals surface area contributed by atoms with Crippen molar-refractivity contribution in [1.29, 1.82) is 0 Å². The topological polar surface area (TPSA) is 408 Å². The van der Waals surface area contributed by atoms with Crippen LogP contribution in [0.4, 0.5) is 0 Å². The van der Waals surface area contributed by atoms with Crippen molar-refractivity contribution >= 4 is 11.8 Å². The van der Waals surface area contributed by atoms with Gasteiger partial charge in [-0.05, 0) is 107 Å². The molecule has 0 aromatic carbocycles. The van der Waals surface area contributed by atoms with Crippen molar-refractivity contribution in [2.75, 3.05) is 33.5 Å². The van der Waals surface area contributed by atoms with Gasteiger partial charge < -0.3 is 123 Å². The number of carbonyl (C=O) groups excluding carboxylic acids is 2. The standard InChI is InChI=1S/C59H94O27/c1-24-43(83-48-39(69)34(64)28(63)22-76-48)38(68)40(70)49(78-24)81-31-23-77-52(46(37(31)67)85-51-42(72)45(36(66)30(21-61)80-51)84-50-41(71)44(75-9)35(65)29(20-60)79-50)82-33-14-17-56(6)25-13-18-59-47(58(8,86-53(59)73)16-10-15-54(2,3)74)27(62)19-57(59,7)26(25)11-12-32(56)55(33,4)5/h13,24,26,28-52,60-61,63-72,74H,10-12,14-23H2,1-9H3/t24?,26-,28?,29?,30?,31?,32?,33?,34?,35?,36?,37?,38?,39?,40?,41?,42?,43?,44?,45?,46?,47-,48?,49?,50?,51?,52?,56-,57+,58+,59?/m1/s1. The van der Waals surface area contributed by atoms with Gasteiger partial charge in [-0.15, -0.1) is 0 Å². The maximum absolute atomic E-state index is 14.5. The largest absolute Gasteiger partial charge is 0.458 e. The minimum Gasteiger partial charge on any atom is -0.458 e. The number of ether oxygens (including phenoxy) is 12. The average molecular weight is 1240 g/mol. The van der Waals surface area contributed by atoms with Gasteiger partial charge in [-0.2, -0.15) is 0 Å². The molecule has 6 saturated heterocycles. The van der Waals surface area contributed by atoms with E-state index in [9.17, 15) is 76.0 Å². The second-order valence-electron chi connectivity index (χ2n) is 28.0. The van der Waals surface area contributed by atoms with Crippen LogP contribution in [0.3, 0.4) is 0 Å². The van der Waals surface area contributed by atoms with E-state index in [1.807, 2.05) is 6.92 Å². The molecule has 86 heavy (non-hydrogen) atoms. The van der Waals surface area contributed by atoms with Gasteiger partial charge in [0.25, 0.3) is 0 Å². The minimum atomic E-state index is -2.01. The first-order valence-corrected chi connectivity index (χ1v) is 30.5. The maximum Gasteiger partial charge on any atom is 0.314 e. The minimum absolute atomic E-state index is 0.0267. The molecular weight excluding hydrogens is 1140 g/mol. The molecule has 6 heterocycles. The molecule has 27 nitrogen and oxygen atoms in total. The van der Waals surface area contributed by atoms with Crippen LogP contribution in [-0.4, -0.2) is 270 Å². The highest BCUT2D eigenvalue weighted by atomic mass is 16.8. The molecule has 4 aliphatic carbocycles. The molecular formula is C59H94O27. The molecule has 31 atom stereocenters. The summed E-state index contributed by atoms with van der Waals surface area (Å²) in [5.41, 5.74) is -3.58. The number of methoxy groups -OCH3 is 1. The van der Waals surface area contributed by atoms with Crippen molar-refractivity contribution < 1.29 is 133 Å². The van der Waals surface area contributed by atoms with E-state index in [4.69, 9.17) is 56.8 Å². The summed E-state index contributed by atoms with van der Waals surface area (Å²) < 4.78 is 72.4. The lowest BCUT2D eigenvalue weighted by Gasteiger charge is -2.63. The molecule has 0 bridgehead atoms. The zero-order valence-corrected chi connectivity index (χ0v) is 50.4. The molecule has 10 rings (SSSR count). The van der Waals surface area contributed by atoms with Gasteiger partial charge in [-0.1, -0.05) is 39.3 Å². The van der Waals surface area contributed by atoms with Crippen molar-refractivity contribution in [2.45, 2.75) is 272 Å². The molecule has 13 N–H and O–H groups in total. The highest BCUT2D eigenvalue weighted by Gasteiger charge is 2.79. The van der Waals surface area contributed by atoms with E-state index in [0.29, 0.717) is 51.4 Å². The van der Waals surface area contributed by atoms with Gasteiger partial charge in [0, 0.05) is 13.5 Å². The number of aliphatic hydroxyl groups is 13. The zero-order valence-electron chi connectivity index (χ0n) is 50.4. The highest BCUT2D eigenvalue weighted by Crippen LogP contribution is 2.75. The number of cyclic esters (lactones) is 1. The Bertz CT molecular complexity index is 2430. The molecule has 492 valence electrons. The van der Waals surface area contributed by atoms with Gasteiger partial charge in [-0.25, -0.2) is 0 Å².